The lowest BCUT2D eigenvalue weighted by Gasteiger charge is -2.08. The first kappa shape index (κ1) is 12.6. The topological polar surface area (TPSA) is 29.9 Å². The molecule has 1 N–H and O–H groups in total. The summed E-state index contributed by atoms with van der Waals surface area (Å²) in [6.07, 6.45) is 3.01. The number of hydrogen-bond acceptors (Lipinski definition) is 2. The van der Waals surface area contributed by atoms with E-state index in [0.29, 0.717) is 12.6 Å². The molecule has 0 aliphatic rings. The lowest BCUT2D eigenvalue weighted by atomic mass is 10.2. The molecule has 0 radical (unpaired) electrons. The second-order valence-corrected chi connectivity index (χ2v) is 4.42. The predicted octanol–water partition coefficient (Wildman–Crippen LogP) is 3.61. The molecule has 1 aromatic heterocycles. The van der Waals surface area contributed by atoms with E-state index >= 15 is 0 Å². The maximum absolute atomic E-state index is 13.0. The van der Waals surface area contributed by atoms with Crippen LogP contribution < -0.4 is 5.32 Å². The molecule has 0 fully saturated rings. The average Bonchev–Trinajstić information content (AvgIpc) is 2.84. The summed E-state index contributed by atoms with van der Waals surface area (Å²) >= 11 is 0. The van der Waals surface area contributed by atoms with Gasteiger partial charge in [-0.2, -0.15) is 5.10 Å². The monoisotopic (exact) mass is 247 g/mol. The smallest absolute Gasteiger partial charge is 0.148 e. The van der Waals surface area contributed by atoms with E-state index in [-0.39, 0.29) is 5.82 Å². The summed E-state index contributed by atoms with van der Waals surface area (Å²) < 4.78 is 14.9. The van der Waals surface area contributed by atoms with E-state index in [1.165, 1.54) is 12.1 Å². The zero-order valence-electron chi connectivity index (χ0n) is 10.7. The van der Waals surface area contributed by atoms with E-state index in [4.69, 9.17) is 0 Å². The van der Waals surface area contributed by atoms with Crippen molar-refractivity contribution >= 4 is 5.82 Å². The van der Waals surface area contributed by atoms with Crippen LogP contribution in [0.1, 0.15) is 31.9 Å². The van der Waals surface area contributed by atoms with E-state index in [1.807, 2.05) is 23.0 Å². The van der Waals surface area contributed by atoms with Gasteiger partial charge in [-0.05, 0) is 31.0 Å². The second kappa shape index (κ2) is 5.67. The maximum atomic E-state index is 13.0. The van der Waals surface area contributed by atoms with Crippen LogP contribution in [0.15, 0.2) is 36.5 Å². The highest BCUT2D eigenvalue weighted by Gasteiger charge is 2.04. The fraction of sp³-hybridized carbons (Fsp3) is 0.357. The fourth-order valence-electron chi connectivity index (χ4n) is 1.70. The van der Waals surface area contributed by atoms with E-state index in [0.717, 1.165) is 17.8 Å². The number of nitrogens with zero attached hydrogens (tertiary/aromatic N) is 2. The summed E-state index contributed by atoms with van der Waals surface area (Å²) in [4.78, 5) is 0. The molecule has 0 spiro atoms. The highest BCUT2D eigenvalue weighted by molar-refractivity contribution is 5.34. The molecule has 0 amide bonds. The van der Waals surface area contributed by atoms with Crippen LogP contribution in [0.25, 0.3) is 0 Å². The third kappa shape index (κ3) is 3.09. The quantitative estimate of drug-likeness (QED) is 0.874. The molecule has 4 heteroatoms. The van der Waals surface area contributed by atoms with Gasteiger partial charge in [0.25, 0.3) is 0 Å². The van der Waals surface area contributed by atoms with Gasteiger partial charge in [-0.25, -0.2) is 4.39 Å². The van der Waals surface area contributed by atoms with Crippen LogP contribution in [0.5, 0.6) is 0 Å². The zero-order valence-corrected chi connectivity index (χ0v) is 10.7. The van der Waals surface area contributed by atoms with Crippen molar-refractivity contribution in [3.63, 3.8) is 0 Å². The van der Waals surface area contributed by atoms with Crippen LogP contribution in [-0.4, -0.2) is 9.78 Å². The summed E-state index contributed by atoms with van der Waals surface area (Å²) in [5.41, 5.74) is 0.910. The molecule has 96 valence electrons. The Morgan fingerprint density at radius 1 is 1.39 bits per heavy atom. The SMILES string of the molecule is CC[C@H](C)n1ccc(NCc2cccc(F)c2)n1. The minimum absolute atomic E-state index is 0.209. The highest BCUT2D eigenvalue weighted by Crippen LogP contribution is 2.13. The Bertz CT molecular complexity index is 507. The first-order valence-electron chi connectivity index (χ1n) is 6.22. The normalized spacial score (nSPS) is 12.4. The Morgan fingerprint density at radius 3 is 2.94 bits per heavy atom. The Kier molecular flexibility index (Phi) is 3.97. The van der Waals surface area contributed by atoms with Crippen molar-refractivity contribution in [1.29, 1.82) is 0 Å². The first-order chi connectivity index (χ1) is 8.69. The molecule has 1 atom stereocenters. The third-order valence-electron chi connectivity index (χ3n) is 3.01. The molecular weight excluding hydrogens is 229 g/mol. The van der Waals surface area contributed by atoms with Gasteiger partial charge in [0.2, 0.25) is 0 Å². The van der Waals surface area contributed by atoms with Gasteiger partial charge in [0.15, 0.2) is 0 Å². The molecule has 0 saturated heterocycles. The van der Waals surface area contributed by atoms with Crippen molar-refractivity contribution in [3.05, 3.63) is 47.9 Å². The summed E-state index contributed by atoms with van der Waals surface area (Å²) in [5.74, 6) is 0.610. The van der Waals surface area contributed by atoms with Crippen LogP contribution in [0.2, 0.25) is 0 Å². The first-order valence-corrected chi connectivity index (χ1v) is 6.22. The molecule has 0 aliphatic heterocycles. The van der Waals surface area contributed by atoms with Crippen LogP contribution in [0, 0.1) is 5.82 Å². The molecule has 1 heterocycles. The van der Waals surface area contributed by atoms with Gasteiger partial charge in [-0.15, -0.1) is 0 Å². The standard InChI is InChI=1S/C14H18FN3/c1-3-11(2)18-8-7-14(17-18)16-10-12-5-4-6-13(15)9-12/h4-9,11H,3,10H2,1-2H3,(H,16,17)/t11-/m0/s1. The molecule has 3 nitrogen and oxygen atoms in total. The number of benzene rings is 1. The Morgan fingerprint density at radius 2 is 2.22 bits per heavy atom. The molecule has 0 saturated carbocycles. The molecule has 18 heavy (non-hydrogen) atoms. The molecule has 2 aromatic rings. The van der Waals surface area contributed by atoms with Crippen molar-refractivity contribution in [3.8, 4) is 0 Å². The number of halogens is 1. The Hall–Kier alpha value is -1.84. The minimum atomic E-state index is -0.209. The third-order valence-corrected chi connectivity index (χ3v) is 3.01. The number of nitrogens with one attached hydrogen (secondary N) is 1. The highest BCUT2D eigenvalue weighted by atomic mass is 19.1. The van der Waals surface area contributed by atoms with Crippen LogP contribution in [0.3, 0.4) is 0 Å². The molecule has 2 rings (SSSR count). The van der Waals surface area contributed by atoms with Gasteiger partial charge in [-0.1, -0.05) is 19.1 Å². The number of anilines is 1. The molecular formula is C14H18FN3. The van der Waals surface area contributed by atoms with Crippen LogP contribution in [-0.2, 0) is 6.54 Å². The maximum Gasteiger partial charge on any atom is 0.148 e. The number of hydrogen-bond donors (Lipinski definition) is 1. The largest absolute Gasteiger partial charge is 0.365 e. The minimum Gasteiger partial charge on any atom is -0.365 e. The predicted molar refractivity (Wildman–Crippen MR) is 71.0 cm³/mol. The van der Waals surface area contributed by atoms with E-state index in [9.17, 15) is 4.39 Å². The van der Waals surface area contributed by atoms with Gasteiger partial charge in [0.05, 0.1) is 0 Å². The van der Waals surface area contributed by atoms with E-state index in [1.54, 1.807) is 6.07 Å². The number of aromatic nitrogens is 2. The summed E-state index contributed by atoms with van der Waals surface area (Å²) in [7, 11) is 0. The van der Waals surface area contributed by atoms with Gasteiger partial charge in [-0.3, -0.25) is 4.68 Å². The summed E-state index contributed by atoms with van der Waals surface area (Å²) in [5, 5.41) is 7.62. The van der Waals surface area contributed by atoms with Crippen molar-refractivity contribution in [1.82, 2.24) is 9.78 Å². The number of rotatable bonds is 5. The molecule has 0 unspecified atom stereocenters. The van der Waals surface area contributed by atoms with Crippen molar-refractivity contribution < 1.29 is 4.39 Å². The van der Waals surface area contributed by atoms with Crippen LogP contribution >= 0.6 is 0 Å². The van der Waals surface area contributed by atoms with Gasteiger partial charge in [0.1, 0.15) is 11.6 Å². The summed E-state index contributed by atoms with van der Waals surface area (Å²) in [6.45, 7) is 4.84. The molecule has 1 aromatic carbocycles. The van der Waals surface area contributed by atoms with Crippen LogP contribution in [0.4, 0.5) is 10.2 Å². The Labute approximate surface area is 107 Å². The lowest BCUT2D eigenvalue weighted by molar-refractivity contribution is 0.479. The second-order valence-electron chi connectivity index (χ2n) is 4.42. The van der Waals surface area contributed by atoms with Gasteiger partial charge < -0.3 is 5.32 Å². The van der Waals surface area contributed by atoms with Gasteiger partial charge >= 0.3 is 0 Å². The van der Waals surface area contributed by atoms with Gasteiger partial charge in [0, 0.05) is 24.8 Å². The van der Waals surface area contributed by atoms with Crippen molar-refractivity contribution in [2.75, 3.05) is 5.32 Å². The fourth-order valence-corrected chi connectivity index (χ4v) is 1.70. The lowest BCUT2D eigenvalue weighted by Crippen LogP contribution is -2.06. The zero-order chi connectivity index (χ0) is 13.0. The molecule has 0 aliphatic carbocycles. The summed E-state index contributed by atoms with van der Waals surface area (Å²) in [6, 6.07) is 8.91. The Balaban J connectivity index is 1.96. The van der Waals surface area contributed by atoms with Crippen molar-refractivity contribution in [2.24, 2.45) is 0 Å². The molecule has 0 bridgehead atoms. The van der Waals surface area contributed by atoms with E-state index in [2.05, 4.69) is 24.3 Å². The van der Waals surface area contributed by atoms with Crippen molar-refractivity contribution in [2.45, 2.75) is 32.9 Å². The van der Waals surface area contributed by atoms with E-state index < -0.39 is 0 Å². The average molecular weight is 247 g/mol.